The second-order valence-electron chi connectivity index (χ2n) is 2.76. The number of hydrogen-bond acceptors (Lipinski definition) is 2. The lowest BCUT2D eigenvalue weighted by atomic mass is 10.0. The molecule has 10 heavy (non-hydrogen) atoms. The monoisotopic (exact) mass is 137 g/mol. The molecule has 0 saturated heterocycles. The summed E-state index contributed by atoms with van der Waals surface area (Å²) < 4.78 is 0. The van der Waals surface area contributed by atoms with Crippen LogP contribution in [0.5, 0.6) is 0 Å². The molecule has 0 radical (unpaired) electrons. The van der Waals surface area contributed by atoms with E-state index >= 15 is 0 Å². The molecule has 1 heterocycles. The zero-order valence-corrected chi connectivity index (χ0v) is 6.05. The molecule has 2 nitrogen and oxygen atoms in total. The van der Waals surface area contributed by atoms with E-state index in [-0.39, 0.29) is 0 Å². The Labute approximate surface area is 60.5 Å². The predicted octanol–water partition coefficient (Wildman–Crippen LogP) is 1.51. The Hall–Kier alpha value is -0.760. The van der Waals surface area contributed by atoms with Gasteiger partial charge in [0, 0.05) is 12.0 Å². The molecule has 54 valence electrons. The Balaban J connectivity index is 2.30. The van der Waals surface area contributed by atoms with Gasteiger partial charge in [-0.3, -0.25) is 0 Å². The molecule has 1 unspecified atom stereocenters. The van der Waals surface area contributed by atoms with Gasteiger partial charge in [-0.1, -0.05) is 12.2 Å². The van der Waals surface area contributed by atoms with E-state index in [0.717, 1.165) is 18.6 Å². The van der Waals surface area contributed by atoms with Crippen LogP contribution in [0.25, 0.3) is 0 Å². The van der Waals surface area contributed by atoms with Crippen LogP contribution < -0.4 is 5.48 Å². The fourth-order valence-corrected chi connectivity index (χ4v) is 1.38. The van der Waals surface area contributed by atoms with E-state index in [0.29, 0.717) is 6.04 Å². The lowest BCUT2D eigenvalue weighted by molar-refractivity contribution is 0.114. The van der Waals surface area contributed by atoms with Gasteiger partial charge in [0.15, 0.2) is 0 Å². The van der Waals surface area contributed by atoms with Crippen molar-refractivity contribution in [3.8, 4) is 0 Å². The molecule has 1 aliphatic heterocycles. The standard InChI is InChI=1S/C8H11NO/c1-6-7-4-2-3-5-8(7)10-9-6/h2,4,6,9H,3,5H2,1H3. The molecule has 2 aliphatic rings. The quantitative estimate of drug-likeness (QED) is 0.546. The molecule has 1 N–H and O–H groups in total. The Morgan fingerprint density at radius 2 is 2.60 bits per heavy atom. The maximum Gasteiger partial charge on any atom is 0.129 e. The van der Waals surface area contributed by atoms with Crippen LogP contribution in [0, 0.1) is 0 Å². The van der Waals surface area contributed by atoms with Crippen molar-refractivity contribution in [1.82, 2.24) is 5.48 Å². The molecule has 2 rings (SSSR count). The number of rotatable bonds is 0. The smallest absolute Gasteiger partial charge is 0.129 e. The van der Waals surface area contributed by atoms with Crippen LogP contribution >= 0.6 is 0 Å². The topological polar surface area (TPSA) is 21.3 Å². The maximum absolute atomic E-state index is 5.25. The second-order valence-corrected chi connectivity index (χ2v) is 2.76. The van der Waals surface area contributed by atoms with E-state index in [2.05, 4.69) is 24.6 Å². The molecule has 0 amide bonds. The Bertz CT molecular complexity index is 205. The SMILES string of the molecule is CC1NOC2=C1C=CCC2. The molecular weight excluding hydrogens is 126 g/mol. The minimum Gasteiger partial charge on any atom is -0.412 e. The molecule has 1 atom stereocenters. The van der Waals surface area contributed by atoms with E-state index in [1.807, 2.05) is 0 Å². The van der Waals surface area contributed by atoms with Crippen molar-refractivity contribution in [2.45, 2.75) is 25.8 Å². The summed E-state index contributed by atoms with van der Waals surface area (Å²) in [6.45, 7) is 2.11. The third kappa shape index (κ3) is 0.762. The zero-order chi connectivity index (χ0) is 6.97. The van der Waals surface area contributed by atoms with Crippen LogP contribution in [0.3, 0.4) is 0 Å². The van der Waals surface area contributed by atoms with Crippen LogP contribution in [0.4, 0.5) is 0 Å². The molecule has 0 fully saturated rings. The van der Waals surface area contributed by atoms with Gasteiger partial charge in [0.25, 0.3) is 0 Å². The van der Waals surface area contributed by atoms with Crippen LogP contribution in [-0.4, -0.2) is 6.04 Å². The molecule has 2 heteroatoms. The minimum atomic E-state index is 0.381. The number of hydrogen-bond donors (Lipinski definition) is 1. The van der Waals surface area contributed by atoms with E-state index in [9.17, 15) is 0 Å². The van der Waals surface area contributed by atoms with Crippen LogP contribution in [0.15, 0.2) is 23.5 Å². The summed E-state index contributed by atoms with van der Waals surface area (Å²) in [7, 11) is 0. The highest BCUT2D eigenvalue weighted by atomic mass is 16.7. The van der Waals surface area contributed by atoms with Crippen LogP contribution in [0.2, 0.25) is 0 Å². The fraction of sp³-hybridized carbons (Fsp3) is 0.500. The van der Waals surface area contributed by atoms with Crippen LogP contribution in [0.1, 0.15) is 19.8 Å². The molecule has 1 aliphatic carbocycles. The van der Waals surface area contributed by atoms with Gasteiger partial charge in [0.1, 0.15) is 5.76 Å². The van der Waals surface area contributed by atoms with Gasteiger partial charge >= 0.3 is 0 Å². The Morgan fingerprint density at radius 1 is 1.70 bits per heavy atom. The van der Waals surface area contributed by atoms with Gasteiger partial charge in [0.2, 0.25) is 0 Å². The average Bonchev–Trinajstić information content (AvgIpc) is 2.34. The number of allylic oxidation sites excluding steroid dienone is 2. The van der Waals surface area contributed by atoms with Crippen molar-refractivity contribution >= 4 is 0 Å². The van der Waals surface area contributed by atoms with Gasteiger partial charge in [-0.15, -0.1) is 5.48 Å². The van der Waals surface area contributed by atoms with Crippen molar-refractivity contribution in [2.24, 2.45) is 0 Å². The number of nitrogens with one attached hydrogen (secondary N) is 1. The van der Waals surface area contributed by atoms with Gasteiger partial charge in [-0.2, -0.15) is 0 Å². The molecule has 0 aromatic rings. The van der Waals surface area contributed by atoms with Gasteiger partial charge < -0.3 is 4.84 Å². The molecule has 0 bridgehead atoms. The van der Waals surface area contributed by atoms with Crippen LogP contribution in [-0.2, 0) is 4.84 Å². The first-order valence-electron chi connectivity index (χ1n) is 3.70. The average molecular weight is 137 g/mol. The van der Waals surface area contributed by atoms with Gasteiger partial charge in [-0.05, 0) is 13.3 Å². The van der Waals surface area contributed by atoms with Crippen molar-refractivity contribution in [1.29, 1.82) is 0 Å². The van der Waals surface area contributed by atoms with Crippen molar-refractivity contribution < 1.29 is 4.84 Å². The van der Waals surface area contributed by atoms with E-state index in [4.69, 9.17) is 4.84 Å². The molecule has 0 aromatic heterocycles. The maximum atomic E-state index is 5.25. The Kier molecular flexibility index (Phi) is 1.27. The summed E-state index contributed by atoms with van der Waals surface area (Å²) in [5, 5.41) is 0. The fourth-order valence-electron chi connectivity index (χ4n) is 1.38. The third-order valence-corrected chi connectivity index (χ3v) is 1.98. The normalized spacial score (nSPS) is 30.3. The molecule has 0 aromatic carbocycles. The van der Waals surface area contributed by atoms with Crippen molar-refractivity contribution in [3.63, 3.8) is 0 Å². The summed E-state index contributed by atoms with van der Waals surface area (Å²) in [5.74, 6) is 1.13. The minimum absolute atomic E-state index is 0.381. The molecule has 0 saturated carbocycles. The van der Waals surface area contributed by atoms with Crippen molar-refractivity contribution in [3.05, 3.63) is 23.5 Å². The summed E-state index contributed by atoms with van der Waals surface area (Å²) in [6.07, 6.45) is 6.53. The third-order valence-electron chi connectivity index (χ3n) is 1.98. The van der Waals surface area contributed by atoms with Gasteiger partial charge in [-0.25, -0.2) is 0 Å². The highest BCUT2D eigenvalue weighted by Crippen LogP contribution is 2.26. The number of hydroxylamine groups is 1. The largest absolute Gasteiger partial charge is 0.412 e. The van der Waals surface area contributed by atoms with E-state index in [1.54, 1.807) is 0 Å². The zero-order valence-electron chi connectivity index (χ0n) is 6.05. The predicted molar refractivity (Wildman–Crippen MR) is 39.1 cm³/mol. The first-order chi connectivity index (χ1) is 4.88. The van der Waals surface area contributed by atoms with Gasteiger partial charge in [0.05, 0.1) is 6.04 Å². The lowest BCUT2D eigenvalue weighted by Crippen LogP contribution is -2.18. The highest BCUT2D eigenvalue weighted by molar-refractivity contribution is 5.32. The summed E-state index contributed by atoms with van der Waals surface area (Å²) in [6, 6.07) is 0.381. The van der Waals surface area contributed by atoms with E-state index in [1.165, 1.54) is 5.57 Å². The first kappa shape index (κ1) is 5.98. The highest BCUT2D eigenvalue weighted by Gasteiger charge is 2.22. The summed E-state index contributed by atoms with van der Waals surface area (Å²) in [5.41, 5.74) is 4.26. The molecule has 0 spiro atoms. The summed E-state index contributed by atoms with van der Waals surface area (Å²) >= 11 is 0. The molecular formula is C8H11NO. The van der Waals surface area contributed by atoms with E-state index < -0.39 is 0 Å². The summed E-state index contributed by atoms with van der Waals surface area (Å²) in [4.78, 5) is 5.25. The lowest BCUT2D eigenvalue weighted by Gasteiger charge is -2.04. The van der Waals surface area contributed by atoms with Crippen molar-refractivity contribution in [2.75, 3.05) is 0 Å². The second kappa shape index (κ2) is 2.13. The first-order valence-corrected chi connectivity index (χ1v) is 3.70. The Morgan fingerprint density at radius 3 is 3.40 bits per heavy atom.